The fraction of sp³-hybridized carbons (Fsp3) is 0.538. The van der Waals surface area contributed by atoms with Crippen LogP contribution in [0.2, 0.25) is 5.02 Å². The molecule has 0 atom stereocenters. The average Bonchev–Trinajstić information content (AvgIpc) is 3.09. The molecule has 1 fully saturated rings. The van der Waals surface area contributed by atoms with Crippen molar-refractivity contribution in [1.29, 1.82) is 0 Å². The van der Waals surface area contributed by atoms with Gasteiger partial charge in [0.15, 0.2) is 0 Å². The maximum Gasteiger partial charge on any atom is 0.0637 e. The summed E-state index contributed by atoms with van der Waals surface area (Å²) in [5.74, 6) is 0.969. The third-order valence-corrected chi connectivity index (χ3v) is 3.18. The number of halogens is 1. The third kappa shape index (κ3) is 4.03. The Bertz CT molecular complexity index is 323. The molecule has 1 aromatic carbocycles. The molecule has 0 radical (unpaired) electrons. The zero-order chi connectivity index (χ0) is 11.2. The van der Waals surface area contributed by atoms with E-state index >= 15 is 0 Å². The molecule has 88 valence electrons. The van der Waals surface area contributed by atoms with Gasteiger partial charge in [-0.1, -0.05) is 23.7 Å². The number of hydrogen-bond donors (Lipinski definition) is 2. The molecule has 0 aromatic heterocycles. The second-order valence-corrected chi connectivity index (χ2v) is 4.81. The lowest BCUT2D eigenvalue weighted by molar-refractivity contribution is 0.622. The van der Waals surface area contributed by atoms with E-state index in [1.807, 2.05) is 24.3 Å². The van der Waals surface area contributed by atoms with Crippen LogP contribution in [-0.4, -0.2) is 19.6 Å². The Labute approximate surface area is 102 Å². The molecule has 0 saturated heterocycles. The van der Waals surface area contributed by atoms with Gasteiger partial charge in [0.05, 0.1) is 10.7 Å². The first-order valence-corrected chi connectivity index (χ1v) is 6.43. The highest BCUT2D eigenvalue weighted by Crippen LogP contribution is 2.27. The Morgan fingerprint density at radius 3 is 2.75 bits per heavy atom. The number of benzene rings is 1. The van der Waals surface area contributed by atoms with Gasteiger partial charge in [-0.15, -0.1) is 0 Å². The summed E-state index contributed by atoms with van der Waals surface area (Å²) in [6, 6.07) is 7.87. The SMILES string of the molecule is Clc1ccccc1NCCCNCC1CC1. The van der Waals surface area contributed by atoms with Crippen LogP contribution in [-0.2, 0) is 0 Å². The number of rotatable bonds is 7. The lowest BCUT2D eigenvalue weighted by Gasteiger charge is -2.08. The van der Waals surface area contributed by atoms with E-state index in [0.29, 0.717) is 0 Å². The van der Waals surface area contributed by atoms with Crippen LogP contribution in [0.25, 0.3) is 0 Å². The molecule has 1 saturated carbocycles. The predicted molar refractivity (Wildman–Crippen MR) is 70.2 cm³/mol. The summed E-state index contributed by atoms with van der Waals surface area (Å²) >= 11 is 6.04. The summed E-state index contributed by atoms with van der Waals surface area (Å²) in [4.78, 5) is 0. The molecule has 2 N–H and O–H groups in total. The summed E-state index contributed by atoms with van der Waals surface area (Å²) in [7, 11) is 0. The minimum Gasteiger partial charge on any atom is -0.384 e. The normalized spacial score (nSPS) is 15.1. The number of hydrogen-bond acceptors (Lipinski definition) is 2. The van der Waals surface area contributed by atoms with Crippen LogP contribution in [0.4, 0.5) is 5.69 Å². The summed E-state index contributed by atoms with van der Waals surface area (Å²) in [5.41, 5.74) is 1.03. The molecular weight excluding hydrogens is 220 g/mol. The number of para-hydroxylation sites is 1. The van der Waals surface area contributed by atoms with E-state index in [0.717, 1.165) is 36.1 Å². The molecule has 0 bridgehead atoms. The molecule has 3 heteroatoms. The monoisotopic (exact) mass is 238 g/mol. The Morgan fingerprint density at radius 2 is 2.00 bits per heavy atom. The highest BCUT2D eigenvalue weighted by molar-refractivity contribution is 6.33. The molecule has 0 amide bonds. The van der Waals surface area contributed by atoms with Crippen LogP contribution in [0.5, 0.6) is 0 Å². The topological polar surface area (TPSA) is 24.1 Å². The Kier molecular flexibility index (Phi) is 4.49. The maximum atomic E-state index is 6.04. The Hall–Kier alpha value is -0.730. The van der Waals surface area contributed by atoms with E-state index in [2.05, 4.69) is 10.6 Å². The van der Waals surface area contributed by atoms with Crippen molar-refractivity contribution in [3.05, 3.63) is 29.3 Å². The van der Waals surface area contributed by atoms with Crippen LogP contribution in [0, 0.1) is 5.92 Å². The van der Waals surface area contributed by atoms with Crippen LogP contribution in [0.15, 0.2) is 24.3 Å². The van der Waals surface area contributed by atoms with Gasteiger partial charge in [0.1, 0.15) is 0 Å². The minimum atomic E-state index is 0.799. The Balaban J connectivity index is 1.55. The first-order valence-electron chi connectivity index (χ1n) is 6.05. The van der Waals surface area contributed by atoms with Gasteiger partial charge in [-0.2, -0.15) is 0 Å². The predicted octanol–water partition coefficient (Wildman–Crippen LogP) is 3.14. The van der Waals surface area contributed by atoms with Gasteiger partial charge in [-0.3, -0.25) is 0 Å². The van der Waals surface area contributed by atoms with E-state index in [1.54, 1.807) is 0 Å². The second-order valence-electron chi connectivity index (χ2n) is 4.41. The van der Waals surface area contributed by atoms with Crippen LogP contribution in [0.3, 0.4) is 0 Å². The fourth-order valence-electron chi connectivity index (χ4n) is 1.67. The first-order chi connectivity index (χ1) is 7.86. The molecule has 0 heterocycles. The summed E-state index contributed by atoms with van der Waals surface area (Å²) < 4.78 is 0. The molecule has 0 unspecified atom stereocenters. The molecule has 1 aliphatic carbocycles. The summed E-state index contributed by atoms with van der Waals surface area (Å²) in [5, 5.41) is 7.62. The van der Waals surface area contributed by atoms with E-state index in [1.165, 1.54) is 19.4 Å². The quantitative estimate of drug-likeness (QED) is 0.714. The van der Waals surface area contributed by atoms with E-state index in [-0.39, 0.29) is 0 Å². The number of anilines is 1. The second kappa shape index (κ2) is 6.12. The van der Waals surface area contributed by atoms with Gasteiger partial charge in [0.25, 0.3) is 0 Å². The van der Waals surface area contributed by atoms with Crippen molar-refractivity contribution in [2.45, 2.75) is 19.3 Å². The van der Waals surface area contributed by atoms with Crippen molar-refractivity contribution in [3.63, 3.8) is 0 Å². The van der Waals surface area contributed by atoms with Gasteiger partial charge >= 0.3 is 0 Å². The molecule has 16 heavy (non-hydrogen) atoms. The van der Waals surface area contributed by atoms with Crippen molar-refractivity contribution in [2.24, 2.45) is 5.92 Å². The van der Waals surface area contributed by atoms with Crippen molar-refractivity contribution >= 4 is 17.3 Å². The average molecular weight is 239 g/mol. The van der Waals surface area contributed by atoms with Crippen LogP contribution in [0.1, 0.15) is 19.3 Å². The molecule has 2 rings (SSSR count). The highest BCUT2D eigenvalue weighted by atomic mass is 35.5. The van der Waals surface area contributed by atoms with Crippen LogP contribution >= 0.6 is 11.6 Å². The fourth-order valence-corrected chi connectivity index (χ4v) is 1.87. The lowest BCUT2D eigenvalue weighted by Crippen LogP contribution is -2.20. The Morgan fingerprint density at radius 1 is 1.19 bits per heavy atom. The zero-order valence-corrected chi connectivity index (χ0v) is 10.3. The van der Waals surface area contributed by atoms with Gasteiger partial charge in [-0.05, 0) is 50.4 Å². The lowest BCUT2D eigenvalue weighted by atomic mass is 10.3. The number of nitrogens with one attached hydrogen (secondary N) is 2. The maximum absolute atomic E-state index is 6.04. The van der Waals surface area contributed by atoms with Gasteiger partial charge in [0.2, 0.25) is 0 Å². The molecule has 2 nitrogen and oxygen atoms in total. The smallest absolute Gasteiger partial charge is 0.0637 e. The summed E-state index contributed by atoms with van der Waals surface area (Å²) in [6.45, 7) is 3.27. The van der Waals surface area contributed by atoms with Crippen molar-refractivity contribution in [2.75, 3.05) is 25.0 Å². The van der Waals surface area contributed by atoms with Crippen molar-refractivity contribution < 1.29 is 0 Å². The van der Waals surface area contributed by atoms with E-state index in [9.17, 15) is 0 Å². The molecular formula is C13H19ClN2. The van der Waals surface area contributed by atoms with Gasteiger partial charge < -0.3 is 10.6 Å². The highest BCUT2D eigenvalue weighted by Gasteiger charge is 2.19. The van der Waals surface area contributed by atoms with E-state index < -0.39 is 0 Å². The molecule has 1 aromatic rings. The van der Waals surface area contributed by atoms with E-state index in [4.69, 9.17) is 11.6 Å². The standard InChI is InChI=1S/C13H19ClN2/c14-12-4-1-2-5-13(12)16-9-3-8-15-10-11-6-7-11/h1-2,4-5,11,15-16H,3,6-10H2. The van der Waals surface area contributed by atoms with Gasteiger partial charge in [-0.25, -0.2) is 0 Å². The summed E-state index contributed by atoms with van der Waals surface area (Å²) in [6.07, 6.45) is 3.98. The van der Waals surface area contributed by atoms with Crippen molar-refractivity contribution in [3.8, 4) is 0 Å². The van der Waals surface area contributed by atoms with Crippen molar-refractivity contribution in [1.82, 2.24) is 5.32 Å². The minimum absolute atomic E-state index is 0.799. The van der Waals surface area contributed by atoms with Crippen LogP contribution < -0.4 is 10.6 Å². The molecule has 0 spiro atoms. The molecule has 0 aliphatic heterocycles. The third-order valence-electron chi connectivity index (χ3n) is 2.85. The largest absolute Gasteiger partial charge is 0.384 e. The first kappa shape index (κ1) is 11.7. The van der Waals surface area contributed by atoms with Gasteiger partial charge in [0, 0.05) is 6.54 Å². The zero-order valence-electron chi connectivity index (χ0n) is 9.51. The molecule has 1 aliphatic rings.